The molecule has 0 atom stereocenters. The molecule has 0 unspecified atom stereocenters. The van der Waals surface area contributed by atoms with Gasteiger partial charge < -0.3 is 0 Å². The average Bonchev–Trinajstić information content (AvgIpc) is 2.04. The molecule has 56 valence electrons. The van der Waals surface area contributed by atoms with Crippen LogP contribution in [-0.4, -0.2) is 9.97 Å². The van der Waals surface area contributed by atoms with Gasteiger partial charge in [-0.15, -0.1) is 0 Å². The molecule has 0 spiro atoms. The van der Waals surface area contributed by atoms with Crippen LogP contribution in [0.25, 0.3) is 0 Å². The molecule has 11 heavy (non-hydrogen) atoms. The summed E-state index contributed by atoms with van der Waals surface area (Å²) < 4.78 is 0. The van der Waals surface area contributed by atoms with E-state index in [0.717, 1.165) is 0 Å². The van der Waals surface area contributed by atoms with E-state index in [1.807, 2.05) is 13.0 Å². The minimum Gasteiger partial charge on any atom is -0.225 e. The van der Waals surface area contributed by atoms with Crippen LogP contribution in [0.3, 0.4) is 0 Å². The Labute approximate surface area is 69.7 Å². The van der Waals surface area contributed by atoms with Crippen molar-refractivity contribution in [1.82, 2.24) is 9.97 Å². The van der Waals surface area contributed by atoms with Crippen LogP contribution in [0.15, 0.2) is 6.20 Å². The van der Waals surface area contributed by atoms with E-state index in [-0.39, 0.29) is 5.28 Å². The lowest BCUT2D eigenvalue weighted by Crippen LogP contribution is -1.94. The van der Waals surface area contributed by atoms with E-state index in [4.69, 9.17) is 16.9 Å². The smallest absolute Gasteiger partial charge is 0.222 e. The maximum atomic E-state index is 8.57. The molecule has 4 heteroatoms. The highest BCUT2D eigenvalue weighted by Crippen LogP contribution is 2.07. The SMILES string of the molecule is CCc1nc(Cl)ncc1C#N. The third-order valence-electron chi connectivity index (χ3n) is 1.29. The molecule has 0 saturated carbocycles. The molecule has 1 aromatic heterocycles. The molecular formula is C7H6ClN3. The van der Waals surface area contributed by atoms with Crippen molar-refractivity contribution in [3.05, 3.63) is 22.7 Å². The van der Waals surface area contributed by atoms with E-state index in [9.17, 15) is 0 Å². The van der Waals surface area contributed by atoms with Crippen molar-refractivity contribution < 1.29 is 0 Å². The quantitative estimate of drug-likeness (QED) is 0.597. The van der Waals surface area contributed by atoms with Crippen LogP contribution in [0, 0.1) is 11.3 Å². The fourth-order valence-electron chi connectivity index (χ4n) is 0.756. The van der Waals surface area contributed by atoms with Crippen molar-refractivity contribution in [3.63, 3.8) is 0 Å². The summed E-state index contributed by atoms with van der Waals surface area (Å²) in [6, 6.07) is 1.99. The first-order valence-electron chi connectivity index (χ1n) is 3.19. The van der Waals surface area contributed by atoms with Gasteiger partial charge in [0, 0.05) is 6.20 Å². The molecule has 3 nitrogen and oxygen atoms in total. The van der Waals surface area contributed by atoms with Crippen LogP contribution in [0.1, 0.15) is 18.2 Å². The largest absolute Gasteiger partial charge is 0.225 e. The fourth-order valence-corrected chi connectivity index (χ4v) is 0.907. The van der Waals surface area contributed by atoms with E-state index >= 15 is 0 Å². The number of rotatable bonds is 1. The van der Waals surface area contributed by atoms with E-state index in [1.165, 1.54) is 6.20 Å². The molecule has 0 amide bonds. The zero-order chi connectivity index (χ0) is 8.27. The number of halogens is 1. The maximum Gasteiger partial charge on any atom is 0.222 e. The maximum absolute atomic E-state index is 8.57. The monoisotopic (exact) mass is 167 g/mol. The minimum atomic E-state index is 0.195. The van der Waals surface area contributed by atoms with E-state index < -0.39 is 0 Å². The number of aryl methyl sites for hydroxylation is 1. The van der Waals surface area contributed by atoms with Gasteiger partial charge in [-0.3, -0.25) is 0 Å². The van der Waals surface area contributed by atoms with Crippen molar-refractivity contribution in [2.45, 2.75) is 13.3 Å². The summed E-state index contributed by atoms with van der Waals surface area (Å²) in [6.07, 6.45) is 2.14. The molecule has 1 heterocycles. The molecule has 0 fully saturated rings. The molecule has 0 aliphatic heterocycles. The zero-order valence-corrected chi connectivity index (χ0v) is 6.76. The Morgan fingerprint density at radius 3 is 3.00 bits per heavy atom. The van der Waals surface area contributed by atoms with Crippen LogP contribution < -0.4 is 0 Å². The van der Waals surface area contributed by atoms with Gasteiger partial charge in [0.2, 0.25) is 5.28 Å². The van der Waals surface area contributed by atoms with Gasteiger partial charge in [0.15, 0.2) is 0 Å². The Balaban J connectivity index is 3.19. The Morgan fingerprint density at radius 1 is 1.73 bits per heavy atom. The second-order valence-corrected chi connectivity index (χ2v) is 2.30. The van der Waals surface area contributed by atoms with Crippen molar-refractivity contribution in [2.75, 3.05) is 0 Å². The highest BCUT2D eigenvalue weighted by Gasteiger charge is 2.01. The van der Waals surface area contributed by atoms with Crippen LogP contribution in [0.4, 0.5) is 0 Å². The van der Waals surface area contributed by atoms with E-state index in [2.05, 4.69) is 9.97 Å². The molecule has 0 aliphatic carbocycles. The number of nitriles is 1. The Hall–Kier alpha value is -1.14. The lowest BCUT2D eigenvalue weighted by atomic mass is 10.2. The van der Waals surface area contributed by atoms with Gasteiger partial charge in [-0.05, 0) is 18.0 Å². The Kier molecular flexibility index (Phi) is 2.40. The molecule has 0 N–H and O–H groups in total. The summed E-state index contributed by atoms with van der Waals surface area (Å²) in [6.45, 7) is 1.92. The van der Waals surface area contributed by atoms with Crippen molar-refractivity contribution in [3.8, 4) is 6.07 Å². The van der Waals surface area contributed by atoms with Crippen LogP contribution in [-0.2, 0) is 6.42 Å². The third kappa shape index (κ3) is 1.66. The molecule has 0 saturated heterocycles. The Morgan fingerprint density at radius 2 is 2.45 bits per heavy atom. The van der Waals surface area contributed by atoms with Crippen molar-refractivity contribution >= 4 is 11.6 Å². The second kappa shape index (κ2) is 3.31. The molecule has 0 aromatic carbocycles. The van der Waals surface area contributed by atoms with Gasteiger partial charge in [-0.25, -0.2) is 9.97 Å². The first kappa shape index (κ1) is 7.96. The highest BCUT2D eigenvalue weighted by atomic mass is 35.5. The van der Waals surface area contributed by atoms with Gasteiger partial charge in [0.25, 0.3) is 0 Å². The summed E-state index contributed by atoms with van der Waals surface area (Å²) in [4.78, 5) is 7.58. The van der Waals surface area contributed by atoms with Crippen LogP contribution in [0.5, 0.6) is 0 Å². The van der Waals surface area contributed by atoms with Crippen molar-refractivity contribution in [1.29, 1.82) is 5.26 Å². The van der Waals surface area contributed by atoms with Gasteiger partial charge in [0.1, 0.15) is 6.07 Å². The third-order valence-corrected chi connectivity index (χ3v) is 1.48. The molecule has 0 aliphatic rings. The molecule has 1 rings (SSSR count). The summed E-state index contributed by atoms with van der Waals surface area (Å²) in [5.41, 5.74) is 1.20. The van der Waals surface area contributed by atoms with Crippen molar-refractivity contribution in [2.24, 2.45) is 0 Å². The first-order valence-corrected chi connectivity index (χ1v) is 3.57. The molecule has 1 aromatic rings. The van der Waals surface area contributed by atoms with Crippen LogP contribution >= 0.6 is 11.6 Å². The van der Waals surface area contributed by atoms with Gasteiger partial charge >= 0.3 is 0 Å². The van der Waals surface area contributed by atoms with E-state index in [1.54, 1.807) is 0 Å². The number of nitrogens with zero attached hydrogens (tertiary/aromatic N) is 3. The summed E-state index contributed by atoms with van der Waals surface area (Å²) >= 11 is 5.52. The van der Waals surface area contributed by atoms with Gasteiger partial charge in [-0.2, -0.15) is 5.26 Å². The van der Waals surface area contributed by atoms with E-state index in [0.29, 0.717) is 17.7 Å². The average molecular weight is 168 g/mol. The summed E-state index contributed by atoms with van der Waals surface area (Å²) in [5, 5.41) is 8.76. The Bertz CT molecular complexity index is 303. The van der Waals surface area contributed by atoms with Gasteiger partial charge in [0.05, 0.1) is 11.3 Å². The number of hydrogen-bond donors (Lipinski definition) is 0. The predicted molar refractivity (Wildman–Crippen MR) is 41.1 cm³/mol. The summed E-state index contributed by atoms with van der Waals surface area (Å²) in [7, 11) is 0. The first-order chi connectivity index (χ1) is 5.27. The zero-order valence-electron chi connectivity index (χ0n) is 6.00. The molecule has 0 radical (unpaired) electrons. The highest BCUT2D eigenvalue weighted by molar-refractivity contribution is 6.28. The normalized spacial score (nSPS) is 9.18. The standard InChI is InChI=1S/C7H6ClN3/c1-2-6-5(3-9)4-10-7(8)11-6/h4H,2H2,1H3. The number of aromatic nitrogens is 2. The lowest BCUT2D eigenvalue weighted by molar-refractivity contribution is 0.987. The second-order valence-electron chi connectivity index (χ2n) is 1.96. The molecule has 0 bridgehead atoms. The fraction of sp³-hybridized carbons (Fsp3) is 0.286. The lowest BCUT2D eigenvalue weighted by Gasteiger charge is -1.96. The number of hydrogen-bond acceptors (Lipinski definition) is 3. The molecular weight excluding hydrogens is 162 g/mol. The predicted octanol–water partition coefficient (Wildman–Crippen LogP) is 1.56. The topological polar surface area (TPSA) is 49.6 Å². The summed E-state index contributed by atoms with van der Waals surface area (Å²) in [5.74, 6) is 0. The minimum absolute atomic E-state index is 0.195. The van der Waals surface area contributed by atoms with Gasteiger partial charge in [-0.1, -0.05) is 6.92 Å². The van der Waals surface area contributed by atoms with Crippen LogP contribution in [0.2, 0.25) is 5.28 Å².